The molecule has 112 valence electrons. The minimum atomic E-state index is 0.433. The second kappa shape index (κ2) is 6.22. The minimum Gasteiger partial charge on any atom is -0.493 e. The molecule has 5 nitrogen and oxygen atoms in total. The van der Waals surface area contributed by atoms with Crippen molar-refractivity contribution in [3.63, 3.8) is 0 Å². The van der Waals surface area contributed by atoms with Gasteiger partial charge >= 0.3 is 0 Å². The fourth-order valence-corrected chi connectivity index (χ4v) is 2.73. The fraction of sp³-hybridized carbons (Fsp3) is 0.600. The molecule has 0 aromatic heterocycles. The van der Waals surface area contributed by atoms with Crippen molar-refractivity contribution in [1.82, 2.24) is 4.90 Å². The standard InChI is InChI=1S/C15H24N2O3/c1-17(2)7-6-10-9-16-11-8-12(18-3)14(19-4)15(20-5)13(10)11/h8,10,16H,6-7,9H2,1-5H3. The maximum absolute atomic E-state index is 5.60. The lowest BCUT2D eigenvalue weighted by molar-refractivity contribution is 0.320. The summed E-state index contributed by atoms with van der Waals surface area (Å²) in [5, 5.41) is 3.44. The van der Waals surface area contributed by atoms with E-state index >= 15 is 0 Å². The summed E-state index contributed by atoms with van der Waals surface area (Å²) in [4.78, 5) is 2.20. The Morgan fingerprint density at radius 1 is 1.15 bits per heavy atom. The molecule has 1 aromatic rings. The molecule has 0 bridgehead atoms. The Morgan fingerprint density at radius 2 is 1.85 bits per heavy atom. The van der Waals surface area contributed by atoms with E-state index in [4.69, 9.17) is 14.2 Å². The molecule has 0 spiro atoms. The molecule has 1 heterocycles. The highest BCUT2D eigenvalue weighted by Gasteiger charge is 2.30. The van der Waals surface area contributed by atoms with Crippen molar-refractivity contribution in [2.45, 2.75) is 12.3 Å². The summed E-state index contributed by atoms with van der Waals surface area (Å²) >= 11 is 0. The van der Waals surface area contributed by atoms with Crippen molar-refractivity contribution in [3.05, 3.63) is 11.6 Å². The van der Waals surface area contributed by atoms with Crippen LogP contribution in [0.2, 0.25) is 0 Å². The predicted molar refractivity (Wildman–Crippen MR) is 80.5 cm³/mol. The molecule has 1 aromatic carbocycles. The minimum absolute atomic E-state index is 0.433. The summed E-state index contributed by atoms with van der Waals surface area (Å²) in [5.74, 6) is 2.59. The summed E-state index contributed by atoms with van der Waals surface area (Å²) in [6.45, 7) is 1.97. The van der Waals surface area contributed by atoms with Gasteiger partial charge in [-0.15, -0.1) is 0 Å². The maximum Gasteiger partial charge on any atom is 0.203 e. The zero-order chi connectivity index (χ0) is 14.7. The average molecular weight is 280 g/mol. The Bertz CT molecular complexity index is 475. The molecular formula is C15H24N2O3. The van der Waals surface area contributed by atoms with Gasteiger partial charge in [0, 0.05) is 29.8 Å². The summed E-state index contributed by atoms with van der Waals surface area (Å²) in [6.07, 6.45) is 1.08. The molecule has 0 amide bonds. The number of anilines is 1. The molecule has 0 radical (unpaired) electrons. The zero-order valence-electron chi connectivity index (χ0n) is 12.9. The van der Waals surface area contributed by atoms with Crippen LogP contribution in [0.5, 0.6) is 17.2 Å². The van der Waals surface area contributed by atoms with Gasteiger partial charge in [-0.25, -0.2) is 0 Å². The molecule has 20 heavy (non-hydrogen) atoms. The first-order valence-electron chi connectivity index (χ1n) is 6.83. The molecule has 0 fully saturated rings. The third-order valence-corrected chi connectivity index (χ3v) is 3.74. The third-order valence-electron chi connectivity index (χ3n) is 3.74. The summed E-state index contributed by atoms with van der Waals surface area (Å²) in [7, 11) is 9.15. The van der Waals surface area contributed by atoms with Crippen LogP contribution in [0.15, 0.2) is 6.07 Å². The number of rotatable bonds is 6. The Kier molecular flexibility index (Phi) is 4.60. The molecular weight excluding hydrogens is 256 g/mol. The number of fused-ring (bicyclic) bond motifs is 1. The monoisotopic (exact) mass is 280 g/mol. The van der Waals surface area contributed by atoms with Crippen molar-refractivity contribution < 1.29 is 14.2 Å². The summed E-state index contributed by atoms with van der Waals surface area (Å²) in [6, 6.07) is 1.99. The lowest BCUT2D eigenvalue weighted by Gasteiger charge is -2.19. The van der Waals surface area contributed by atoms with E-state index in [1.54, 1.807) is 21.3 Å². The highest BCUT2D eigenvalue weighted by Crippen LogP contribution is 2.50. The lowest BCUT2D eigenvalue weighted by Crippen LogP contribution is -2.17. The fourth-order valence-electron chi connectivity index (χ4n) is 2.73. The van der Waals surface area contributed by atoms with E-state index in [9.17, 15) is 0 Å². The van der Waals surface area contributed by atoms with Gasteiger partial charge < -0.3 is 24.4 Å². The van der Waals surface area contributed by atoms with Crippen LogP contribution < -0.4 is 19.5 Å². The largest absolute Gasteiger partial charge is 0.493 e. The lowest BCUT2D eigenvalue weighted by atomic mass is 9.96. The normalized spacial score (nSPS) is 16.8. The van der Waals surface area contributed by atoms with Crippen LogP contribution in [-0.4, -0.2) is 53.4 Å². The van der Waals surface area contributed by atoms with Crippen molar-refractivity contribution in [2.24, 2.45) is 0 Å². The van der Waals surface area contributed by atoms with Gasteiger partial charge in [0.05, 0.1) is 21.3 Å². The Labute approximate surface area is 120 Å². The van der Waals surface area contributed by atoms with Crippen molar-refractivity contribution in [2.75, 3.05) is 53.8 Å². The topological polar surface area (TPSA) is 43.0 Å². The molecule has 0 saturated carbocycles. The average Bonchev–Trinajstić information content (AvgIpc) is 2.85. The molecule has 5 heteroatoms. The van der Waals surface area contributed by atoms with E-state index in [0.29, 0.717) is 17.4 Å². The van der Waals surface area contributed by atoms with E-state index in [2.05, 4.69) is 24.3 Å². The summed E-state index contributed by atoms with van der Waals surface area (Å²) in [5.41, 5.74) is 2.29. The maximum atomic E-state index is 5.60. The number of ether oxygens (including phenoxy) is 3. The van der Waals surface area contributed by atoms with E-state index in [-0.39, 0.29) is 0 Å². The molecule has 1 aliphatic rings. The van der Waals surface area contributed by atoms with Crippen LogP contribution in [0.25, 0.3) is 0 Å². The van der Waals surface area contributed by atoms with E-state index in [1.807, 2.05) is 6.07 Å². The van der Waals surface area contributed by atoms with Crippen LogP contribution in [0.3, 0.4) is 0 Å². The quantitative estimate of drug-likeness (QED) is 0.865. The number of hydrogen-bond acceptors (Lipinski definition) is 5. The number of hydrogen-bond donors (Lipinski definition) is 1. The van der Waals surface area contributed by atoms with Gasteiger partial charge in [0.25, 0.3) is 0 Å². The van der Waals surface area contributed by atoms with Crippen LogP contribution in [0.1, 0.15) is 17.9 Å². The SMILES string of the molecule is COc1cc2c(c(OC)c1OC)C(CCN(C)C)CN2. The van der Waals surface area contributed by atoms with Gasteiger partial charge in [-0.1, -0.05) is 0 Å². The van der Waals surface area contributed by atoms with Gasteiger partial charge in [-0.2, -0.15) is 0 Å². The Balaban J connectivity index is 2.40. The highest BCUT2D eigenvalue weighted by molar-refractivity contribution is 5.72. The molecule has 1 atom stereocenters. The van der Waals surface area contributed by atoms with E-state index < -0.39 is 0 Å². The Hall–Kier alpha value is -1.62. The molecule has 0 saturated heterocycles. The van der Waals surface area contributed by atoms with E-state index in [1.165, 1.54) is 5.56 Å². The number of benzene rings is 1. The number of nitrogens with zero attached hydrogens (tertiary/aromatic N) is 1. The second-order valence-electron chi connectivity index (χ2n) is 5.28. The molecule has 0 aliphatic carbocycles. The molecule has 1 unspecified atom stereocenters. The van der Waals surface area contributed by atoms with Crippen LogP contribution in [0, 0.1) is 0 Å². The van der Waals surface area contributed by atoms with Crippen LogP contribution in [-0.2, 0) is 0 Å². The van der Waals surface area contributed by atoms with Gasteiger partial charge in [-0.05, 0) is 27.1 Å². The van der Waals surface area contributed by atoms with Gasteiger partial charge in [0.15, 0.2) is 11.5 Å². The van der Waals surface area contributed by atoms with Gasteiger partial charge in [0.1, 0.15) is 0 Å². The zero-order valence-corrected chi connectivity index (χ0v) is 12.9. The van der Waals surface area contributed by atoms with Gasteiger partial charge in [-0.3, -0.25) is 0 Å². The van der Waals surface area contributed by atoms with Crippen LogP contribution >= 0.6 is 0 Å². The number of nitrogens with one attached hydrogen (secondary N) is 1. The molecule has 2 rings (SSSR count). The van der Waals surface area contributed by atoms with Crippen molar-refractivity contribution >= 4 is 5.69 Å². The van der Waals surface area contributed by atoms with Gasteiger partial charge in [0.2, 0.25) is 5.75 Å². The summed E-state index contributed by atoms with van der Waals surface area (Å²) < 4.78 is 16.5. The Morgan fingerprint density at radius 3 is 2.40 bits per heavy atom. The van der Waals surface area contributed by atoms with Crippen molar-refractivity contribution in [3.8, 4) is 17.2 Å². The smallest absolute Gasteiger partial charge is 0.203 e. The second-order valence-corrected chi connectivity index (χ2v) is 5.28. The first-order chi connectivity index (χ1) is 9.62. The van der Waals surface area contributed by atoms with Crippen LogP contribution in [0.4, 0.5) is 5.69 Å². The number of methoxy groups -OCH3 is 3. The molecule has 1 N–H and O–H groups in total. The third kappa shape index (κ3) is 2.63. The van der Waals surface area contributed by atoms with Crippen molar-refractivity contribution in [1.29, 1.82) is 0 Å². The van der Waals surface area contributed by atoms with E-state index in [0.717, 1.165) is 30.9 Å². The first-order valence-corrected chi connectivity index (χ1v) is 6.83. The highest BCUT2D eigenvalue weighted by atomic mass is 16.5. The first kappa shape index (κ1) is 14.8. The molecule has 1 aliphatic heterocycles. The predicted octanol–water partition coefficient (Wildman–Crippen LogP) is 2.17.